The van der Waals surface area contributed by atoms with E-state index in [1.54, 1.807) is 48.5 Å². The number of hydrogen-bond donors (Lipinski definition) is 4. The van der Waals surface area contributed by atoms with E-state index in [1.165, 1.54) is 0 Å². The van der Waals surface area contributed by atoms with Crippen molar-refractivity contribution in [1.82, 2.24) is 0 Å². The lowest BCUT2D eigenvalue weighted by Crippen LogP contribution is -2.08. The molecule has 0 aliphatic carbocycles. The number of hydrogen-bond acceptors (Lipinski definition) is 4. The molecule has 4 heteroatoms. The largest absolute Gasteiger partial charge is 0.506 e. The van der Waals surface area contributed by atoms with Gasteiger partial charge in [-0.25, -0.2) is 0 Å². The summed E-state index contributed by atoms with van der Waals surface area (Å²) < 4.78 is 0. The van der Waals surface area contributed by atoms with Crippen LogP contribution in [-0.2, 0) is 0 Å². The minimum Gasteiger partial charge on any atom is -0.506 e. The monoisotopic (exact) mass is 242 g/mol. The van der Waals surface area contributed by atoms with E-state index >= 15 is 0 Å². The summed E-state index contributed by atoms with van der Waals surface area (Å²) in [6, 6.07) is 13.7. The number of benzene rings is 2. The highest BCUT2D eigenvalue weighted by molar-refractivity contribution is 5.64. The number of phenolic OH excluding ortho intramolecular Hbond substituents is 2. The van der Waals surface area contributed by atoms with E-state index in [1.807, 2.05) is 0 Å². The van der Waals surface area contributed by atoms with Crippen LogP contribution in [0.25, 0.3) is 0 Å². The number of para-hydroxylation sites is 4. The summed E-state index contributed by atoms with van der Waals surface area (Å²) in [6.07, 6.45) is 0. The predicted octanol–water partition coefficient (Wildman–Crippen LogP) is 3.09. The zero-order valence-electron chi connectivity index (χ0n) is 9.72. The number of aromatic hydroxyl groups is 2. The SMILES string of the molecule is C=C(Nc1ccccc1O)Nc1ccccc1O. The summed E-state index contributed by atoms with van der Waals surface area (Å²) in [4.78, 5) is 0. The lowest BCUT2D eigenvalue weighted by molar-refractivity contribution is 0.477. The molecule has 0 fully saturated rings. The minimum atomic E-state index is 0.137. The highest BCUT2D eigenvalue weighted by Crippen LogP contribution is 2.26. The predicted molar refractivity (Wildman–Crippen MR) is 72.6 cm³/mol. The van der Waals surface area contributed by atoms with Gasteiger partial charge < -0.3 is 20.8 Å². The Hall–Kier alpha value is -2.62. The number of rotatable bonds is 4. The van der Waals surface area contributed by atoms with E-state index in [4.69, 9.17) is 0 Å². The van der Waals surface area contributed by atoms with Crippen LogP contribution in [0.15, 0.2) is 60.9 Å². The van der Waals surface area contributed by atoms with Crippen molar-refractivity contribution in [3.63, 3.8) is 0 Å². The van der Waals surface area contributed by atoms with Crippen LogP contribution in [0.2, 0.25) is 0 Å². The van der Waals surface area contributed by atoms with Crippen LogP contribution >= 0.6 is 0 Å². The standard InChI is InChI=1S/C14H14N2O2/c1-10(15-11-6-2-4-8-13(11)17)16-12-7-3-5-9-14(12)18/h2-9,15-18H,1H2. The first-order chi connectivity index (χ1) is 8.66. The lowest BCUT2D eigenvalue weighted by atomic mass is 10.3. The van der Waals surface area contributed by atoms with E-state index < -0.39 is 0 Å². The Morgan fingerprint density at radius 3 is 1.56 bits per heavy atom. The summed E-state index contributed by atoms with van der Waals surface area (Å²) in [5.74, 6) is 0.730. The van der Waals surface area contributed by atoms with Gasteiger partial charge in [0, 0.05) is 0 Å². The average molecular weight is 242 g/mol. The fraction of sp³-hybridized carbons (Fsp3) is 0. The summed E-state index contributed by atoms with van der Waals surface area (Å²) in [6.45, 7) is 3.78. The molecule has 18 heavy (non-hydrogen) atoms. The first-order valence-electron chi connectivity index (χ1n) is 5.46. The molecule has 0 bridgehead atoms. The molecule has 0 saturated carbocycles. The van der Waals surface area contributed by atoms with E-state index in [2.05, 4.69) is 17.2 Å². The molecule has 2 aromatic carbocycles. The summed E-state index contributed by atoms with van der Waals surface area (Å²) >= 11 is 0. The maximum atomic E-state index is 9.60. The Bertz CT molecular complexity index is 518. The first kappa shape index (κ1) is 11.9. The quantitative estimate of drug-likeness (QED) is 0.622. The molecule has 4 N–H and O–H groups in total. The van der Waals surface area contributed by atoms with Crippen molar-refractivity contribution < 1.29 is 10.2 Å². The van der Waals surface area contributed by atoms with Crippen molar-refractivity contribution in [2.24, 2.45) is 0 Å². The van der Waals surface area contributed by atoms with Gasteiger partial charge in [0.15, 0.2) is 0 Å². The van der Waals surface area contributed by atoms with Gasteiger partial charge in [-0.2, -0.15) is 0 Å². The second-order valence-corrected chi connectivity index (χ2v) is 3.76. The molecule has 0 radical (unpaired) electrons. The van der Waals surface area contributed by atoms with Crippen molar-refractivity contribution in [1.29, 1.82) is 0 Å². The molecule has 0 heterocycles. The second-order valence-electron chi connectivity index (χ2n) is 3.76. The van der Waals surface area contributed by atoms with E-state index in [0.29, 0.717) is 17.2 Å². The zero-order chi connectivity index (χ0) is 13.0. The van der Waals surface area contributed by atoms with Gasteiger partial charge in [-0.3, -0.25) is 0 Å². The Morgan fingerprint density at radius 2 is 1.17 bits per heavy atom. The van der Waals surface area contributed by atoms with Crippen molar-refractivity contribution >= 4 is 11.4 Å². The third-order valence-corrected chi connectivity index (χ3v) is 2.38. The van der Waals surface area contributed by atoms with Gasteiger partial charge >= 0.3 is 0 Å². The molecule has 2 rings (SSSR count). The maximum Gasteiger partial charge on any atom is 0.139 e. The van der Waals surface area contributed by atoms with E-state index in [9.17, 15) is 10.2 Å². The van der Waals surface area contributed by atoms with Crippen molar-refractivity contribution in [2.45, 2.75) is 0 Å². The fourth-order valence-corrected chi connectivity index (χ4v) is 1.52. The Labute approximate surface area is 105 Å². The molecule has 4 nitrogen and oxygen atoms in total. The van der Waals surface area contributed by atoms with Crippen LogP contribution in [-0.4, -0.2) is 10.2 Å². The smallest absolute Gasteiger partial charge is 0.139 e. The molecule has 0 aliphatic rings. The maximum absolute atomic E-state index is 9.60. The van der Waals surface area contributed by atoms with Gasteiger partial charge in [0.2, 0.25) is 0 Å². The number of nitrogens with one attached hydrogen (secondary N) is 2. The highest BCUT2D eigenvalue weighted by Gasteiger charge is 2.03. The Morgan fingerprint density at radius 1 is 0.778 bits per heavy atom. The third-order valence-electron chi connectivity index (χ3n) is 2.38. The number of phenols is 2. The van der Waals surface area contributed by atoms with Gasteiger partial charge in [-0.05, 0) is 24.3 Å². The van der Waals surface area contributed by atoms with Crippen LogP contribution in [0.5, 0.6) is 11.5 Å². The van der Waals surface area contributed by atoms with Crippen LogP contribution < -0.4 is 10.6 Å². The Kier molecular flexibility index (Phi) is 3.38. The molecular weight excluding hydrogens is 228 g/mol. The summed E-state index contributed by atoms with van der Waals surface area (Å²) in [7, 11) is 0. The van der Waals surface area contributed by atoms with Gasteiger partial charge in [0.25, 0.3) is 0 Å². The first-order valence-corrected chi connectivity index (χ1v) is 5.46. The zero-order valence-corrected chi connectivity index (χ0v) is 9.72. The van der Waals surface area contributed by atoms with E-state index in [-0.39, 0.29) is 11.5 Å². The molecule has 0 aliphatic heterocycles. The van der Waals surface area contributed by atoms with Crippen molar-refractivity contribution in [3.05, 3.63) is 60.9 Å². The molecule has 2 aromatic rings. The Balaban J connectivity index is 2.06. The van der Waals surface area contributed by atoms with E-state index in [0.717, 1.165) is 0 Å². The third kappa shape index (κ3) is 2.74. The molecular formula is C14H14N2O2. The molecule has 92 valence electrons. The summed E-state index contributed by atoms with van der Waals surface area (Å²) in [5, 5.41) is 25.0. The van der Waals surface area contributed by atoms with Gasteiger partial charge in [-0.1, -0.05) is 30.8 Å². The topological polar surface area (TPSA) is 64.5 Å². The molecule has 0 aromatic heterocycles. The highest BCUT2D eigenvalue weighted by atomic mass is 16.3. The lowest BCUT2D eigenvalue weighted by Gasteiger charge is -2.13. The summed E-state index contributed by atoms with van der Waals surface area (Å²) in [5.41, 5.74) is 1.09. The molecule has 0 atom stereocenters. The van der Waals surface area contributed by atoms with Crippen LogP contribution in [0.4, 0.5) is 11.4 Å². The van der Waals surface area contributed by atoms with Crippen LogP contribution in [0, 0.1) is 0 Å². The molecule has 0 amide bonds. The van der Waals surface area contributed by atoms with Gasteiger partial charge in [0.1, 0.15) is 17.3 Å². The average Bonchev–Trinajstić information content (AvgIpc) is 2.35. The fourth-order valence-electron chi connectivity index (χ4n) is 1.52. The molecule has 0 spiro atoms. The number of anilines is 2. The van der Waals surface area contributed by atoms with Gasteiger partial charge in [-0.15, -0.1) is 0 Å². The van der Waals surface area contributed by atoms with Crippen molar-refractivity contribution in [2.75, 3.05) is 10.6 Å². The minimum absolute atomic E-state index is 0.137. The second kappa shape index (κ2) is 5.14. The van der Waals surface area contributed by atoms with Crippen LogP contribution in [0.1, 0.15) is 0 Å². The normalized spacial score (nSPS) is 9.78. The van der Waals surface area contributed by atoms with Crippen LogP contribution in [0.3, 0.4) is 0 Å². The van der Waals surface area contributed by atoms with Gasteiger partial charge in [0.05, 0.1) is 11.4 Å². The molecule has 0 unspecified atom stereocenters. The van der Waals surface area contributed by atoms with Crippen molar-refractivity contribution in [3.8, 4) is 11.5 Å². The molecule has 0 saturated heterocycles.